The van der Waals surface area contributed by atoms with Crippen molar-refractivity contribution in [3.05, 3.63) is 51.2 Å². The summed E-state index contributed by atoms with van der Waals surface area (Å²) in [5.41, 5.74) is 0.882. The minimum atomic E-state index is -0.985. The topological polar surface area (TPSA) is 134 Å². The summed E-state index contributed by atoms with van der Waals surface area (Å²) in [7, 11) is 1.20. The third-order valence-corrected chi connectivity index (χ3v) is 4.81. The molecule has 10 heteroatoms. The maximum absolute atomic E-state index is 12.9. The number of methoxy groups -OCH3 is 1. The quantitative estimate of drug-likeness (QED) is 0.265. The van der Waals surface area contributed by atoms with E-state index in [0.29, 0.717) is 23.4 Å². The highest BCUT2D eigenvalue weighted by molar-refractivity contribution is 6.07. The molecule has 1 aliphatic heterocycles. The van der Waals surface area contributed by atoms with Crippen LogP contribution in [0.15, 0.2) is 40.5 Å². The smallest absolute Gasteiger partial charge is 0.339 e. The Morgan fingerprint density at radius 2 is 1.90 bits per heavy atom. The molecule has 0 radical (unpaired) electrons. The van der Waals surface area contributed by atoms with E-state index in [1.54, 1.807) is 26.8 Å². The van der Waals surface area contributed by atoms with Crippen molar-refractivity contribution in [1.82, 2.24) is 0 Å². The molecule has 0 aliphatic carbocycles. The molecule has 166 valence electrons. The fourth-order valence-electron chi connectivity index (χ4n) is 3.43. The molecule has 1 aromatic carbocycles. The van der Waals surface area contributed by atoms with Gasteiger partial charge in [0.25, 0.3) is 5.69 Å². The normalized spacial score (nSPS) is 18.1. The lowest BCUT2D eigenvalue weighted by Crippen LogP contribution is -2.36. The largest absolute Gasteiger partial charge is 0.468 e. The molecule has 1 aromatic rings. The molecule has 2 rings (SSSR count). The number of hydrogen-bond donors (Lipinski definition) is 0. The third-order valence-electron chi connectivity index (χ3n) is 4.81. The molecular formula is C21H24N2O8. The summed E-state index contributed by atoms with van der Waals surface area (Å²) < 4.78 is 14.9. The summed E-state index contributed by atoms with van der Waals surface area (Å²) >= 11 is 0. The van der Waals surface area contributed by atoms with Gasteiger partial charge in [-0.05, 0) is 25.8 Å². The first-order valence-electron chi connectivity index (χ1n) is 9.62. The van der Waals surface area contributed by atoms with Gasteiger partial charge in [-0.3, -0.25) is 24.7 Å². The van der Waals surface area contributed by atoms with E-state index in [4.69, 9.17) is 14.2 Å². The SMILES string of the molecule is CCCC(=O)OCOC(=O)C1=C(C)N=C(C)C(C(=O)OC)C1c1cccc([N+](=O)[O-])c1. The van der Waals surface area contributed by atoms with Gasteiger partial charge in [-0.25, -0.2) is 4.79 Å². The van der Waals surface area contributed by atoms with Crippen LogP contribution in [-0.4, -0.2) is 42.4 Å². The predicted octanol–water partition coefficient (Wildman–Crippen LogP) is 3.06. The Morgan fingerprint density at radius 1 is 1.19 bits per heavy atom. The Balaban J connectivity index is 2.46. The van der Waals surface area contributed by atoms with Crippen molar-refractivity contribution in [1.29, 1.82) is 0 Å². The van der Waals surface area contributed by atoms with Crippen molar-refractivity contribution in [2.75, 3.05) is 13.9 Å². The predicted molar refractivity (Wildman–Crippen MR) is 109 cm³/mol. The van der Waals surface area contributed by atoms with E-state index in [0.717, 1.165) is 0 Å². The number of hydrogen-bond acceptors (Lipinski definition) is 9. The number of aliphatic imine (C=N–C) groups is 1. The lowest BCUT2D eigenvalue weighted by atomic mass is 9.75. The maximum atomic E-state index is 12.9. The van der Waals surface area contributed by atoms with Crippen molar-refractivity contribution in [3.63, 3.8) is 0 Å². The molecule has 10 nitrogen and oxygen atoms in total. The Kier molecular flexibility index (Phi) is 8.00. The van der Waals surface area contributed by atoms with Crippen LogP contribution in [0.5, 0.6) is 0 Å². The van der Waals surface area contributed by atoms with E-state index in [2.05, 4.69) is 4.99 Å². The first-order chi connectivity index (χ1) is 14.7. The molecule has 1 heterocycles. The van der Waals surface area contributed by atoms with Gasteiger partial charge >= 0.3 is 17.9 Å². The van der Waals surface area contributed by atoms with Crippen molar-refractivity contribution >= 4 is 29.3 Å². The second-order valence-electron chi connectivity index (χ2n) is 6.90. The number of carbonyl (C=O) groups is 3. The molecule has 31 heavy (non-hydrogen) atoms. The number of non-ortho nitro benzene ring substituents is 1. The third kappa shape index (κ3) is 5.53. The average molecular weight is 432 g/mol. The van der Waals surface area contributed by atoms with Gasteiger partial charge in [-0.15, -0.1) is 0 Å². The Labute approximate surface area is 179 Å². The fourth-order valence-corrected chi connectivity index (χ4v) is 3.43. The summed E-state index contributed by atoms with van der Waals surface area (Å²) in [6.07, 6.45) is 0.768. The minimum Gasteiger partial charge on any atom is -0.468 e. The molecule has 0 fully saturated rings. The molecule has 0 saturated heterocycles. The molecule has 0 saturated carbocycles. The van der Waals surface area contributed by atoms with Gasteiger partial charge in [-0.2, -0.15) is 0 Å². The van der Waals surface area contributed by atoms with Crippen molar-refractivity contribution in [2.24, 2.45) is 10.9 Å². The lowest BCUT2D eigenvalue weighted by molar-refractivity contribution is -0.384. The van der Waals surface area contributed by atoms with Gasteiger partial charge in [0, 0.05) is 35.9 Å². The van der Waals surface area contributed by atoms with Crippen LogP contribution in [0.2, 0.25) is 0 Å². The lowest BCUT2D eigenvalue weighted by Gasteiger charge is -2.31. The second-order valence-corrected chi connectivity index (χ2v) is 6.90. The van der Waals surface area contributed by atoms with E-state index in [9.17, 15) is 24.5 Å². The Morgan fingerprint density at radius 3 is 2.52 bits per heavy atom. The number of nitro groups is 1. The molecule has 0 bridgehead atoms. The molecule has 0 spiro atoms. The van der Waals surface area contributed by atoms with E-state index in [-0.39, 0.29) is 17.7 Å². The van der Waals surface area contributed by atoms with Crippen LogP contribution in [0.4, 0.5) is 5.69 Å². The van der Waals surface area contributed by atoms with Crippen LogP contribution in [-0.2, 0) is 28.6 Å². The fraction of sp³-hybridized carbons (Fsp3) is 0.429. The number of rotatable bonds is 8. The zero-order valence-corrected chi connectivity index (χ0v) is 17.7. The summed E-state index contributed by atoms with van der Waals surface area (Å²) in [6.45, 7) is 4.40. The summed E-state index contributed by atoms with van der Waals surface area (Å²) in [5.74, 6) is -3.92. The van der Waals surface area contributed by atoms with E-state index < -0.39 is 41.5 Å². The van der Waals surface area contributed by atoms with Gasteiger partial charge in [-0.1, -0.05) is 19.1 Å². The molecule has 2 unspecified atom stereocenters. The number of nitrogens with zero attached hydrogens (tertiary/aromatic N) is 2. The molecule has 0 aromatic heterocycles. The Hall–Kier alpha value is -3.56. The summed E-state index contributed by atoms with van der Waals surface area (Å²) in [4.78, 5) is 51.9. The highest BCUT2D eigenvalue weighted by Gasteiger charge is 2.42. The van der Waals surface area contributed by atoms with Gasteiger partial charge in [0.05, 0.1) is 17.6 Å². The number of allylic oxidation sites excluding steroid dienone is 1. The number of nitro benzene ring substituents is 1. The first-order valence-corrected chi connectivity index (χ1v) is 9.62. The second kappa shape index (κ2) is 10.5. The van der Waals surface area contributed by atoms with Crippen LogP contribution >= 0.6 is 0 Å². The van der Waals surface area contributed by atoms with Crippen molar-refractivity contribution in [2.45, 2.75) is 39.5 Å². The molecular weight excluding hydrogens is 408 g/mol. The molecule has 2 atom stereocenters. The van der Waals surface area contributed by atoms with Crippen molar-refractivity contribution in [3.8, 4) is 0 Å². The zero-order chi connectivity index (χ0) is 23.1. The molecule has 0 amide bonds. The van der Waals surface area contributed by atoms with E-state index >= 15 is 0 Å². The Bertz CT molecular complexity index is 950. The maximum Gasteiger partial charge on any atom is 0.339 e. The van der Waals surface area contributed by atoms with Crippen LogP contribution in [0, 0.1) is 16.0 Å². The number of benzene rings is 1. The monoisotopic (exact) mass is 432 g/mol. The molecule has 0 N–H and O–H groups in total. The standard InChI is InChI=1S/C21H24N2O8/c1-5-7-16(24)30-11-31-21(26)18-13(3)22-12(2)17(20(25)29-4)19(18)14-8-6-9-15(10-14)23(27)28/h6,8-10,17,19H,5,7,11H2,1-4H3. The minimum absolute atomic E-state index is 0.0352. The summed E-state index contributed by atoms with van der Waals surface area (Å²) in [5, 5.41) is 11.2. The highest BCUT2D eigenvalue weighted by Crippen LogP contribution is 2.40. The van der Waals surface area contributed by atoms with E-state index in [1.807, 2.05) is 0 Å². The van der Waals surface area contributed by atoms with Gasteiger partial charge in [0.2, 0.25) is 6.79 Å². The first kappa shape index (κ1) is 23.7. The average Bonchev–Trinajstić information content (AvgIpc) is 2.72. The van der Waals surface area contributed by atoms with Gasteiger partial charge in [0.1, 0.15) is 5.92 Å². The van der Waals surface area contributed by atoms with Crippen molar-refractivity contribution < 1.29 is 33.5 Å². The summed E-state index contributed by atoms with van der Waals surface area (Å²) in [6, 6.07) is 5.64. The highest BCUT2D eigenvalue weighted by atomic mass is 16.7. The van der Waals surface area contributed by atoms with Crippen LogP contribution in [0.3, 0.4) is 0 Å². The number of esters is 3. The zero-order valence-electron chi connectivity index (χ0n) is 17.7. The van der Waals surface area contributed by atoms with E-state index in [1.165, 1.54) is 25.3 Å². The number of ether oxygens (including phenoxy) is 3. The van der Waals surface area contributed by atoms with Gasteiger partial charge < -0.3 is 14.2 Å². The molecule has 1 aliphatic rings. The van der Waals surface area contributed by atoms with Crippen LogP contribution in [0.25, 0.3) is 0 Å². The van der Waals surface area contributed by atoms with Crippen LogP contribution < -0.4 is 0 Å². The van der Waals surface area contributed by atoms with Crippen LogP contribution in [0.1, 0.15) is 45.1 Å². The van der Waals surface area contributed by atoms with Gasteiger partial charge in [0.15, 0.2) is 0 Å². The number of carbonyl (C=O) groups excluding carboxylic acids is 3.